The second-order valence-corrected chi connectivity index (χ2v) is 9.25. The van der Waals surface area contributed by atoms with Crippen molar-refractivity contribution in [2.45, 2.75) is 77.4 Å². The van der Waals surface area contributed by atoms with Crippen LogP contribution in [-0.2, 0) is 0 Å². The summed E-state index contributed by atoms with van der Waals surface area (Å²) in [6.07, 6.45) is 6.87. The Labute approximate surface area is 202 Å². The van der Waals surface area contributed by atoms with Gasteiger partial charge in [0.05, 0.1) is 12.2 Å². The number of halogens is 1. The van der Waals surface area contributed by atoms with Crippen LogP contribution in [-0.4, -0.2) is 35.6 Å². The van der Waals surface area contributed by atoms with Crippen molar-refractivity contribution in [2.24, 2.45) is 0 Å². The summed E-state index contributed by atoms with van der Waals surface area (Å²) >= 11 is 6.35. The van der Waals surface area contributed by atoms with Crippen LogP contribution in [0.4, 0.5) is 0 Å². The Hall–Kier alpha value is -2.01. The van der Waals surface area contributed by atoms with E-state index in [9.17, 15) is 10.2 Å². The van der Waals surface area contributed by atoms with E-state index in [0.717, 1.165) is 78.7 Å². The van der Waals surface area contributed by atoms with E-state index in [2.05, 4.69) is 13.8 Å². The molecule has 0 saturated heterocycles. The van der Waals surface area contributed by atoms with Crippen molar-refractivity contribution in [1.29, 1.82) is 0 Å². The molecule has 0 saturated carbocycles. The second kappa shape index (κ2) is 13.0. The summed E-state index contributed by atoms with van der Waals surface area (Å²) in [6.45, 7) is 4.77. The lowest BCUT2D eigenvalue weighted by Gasteiger charge is -2.20. The fourth-order valence-corrected chi connectivity index (χ4v) is 4.34. The van der Waals surface area contributed by atoms with E-state index in [4.69, 9.17) is 21.1 Å². The van der Waals surface area contributed by atoms with Crippen LogP contribution < -0.4 is 9.47 Å². The minimum atomic E-state index is -0.515. The molecule has 2 N–H and O–H groups in total. The van der Waals surface area contributed by atoms with Gasteiger partial charge in [-0.1, -0.05) is 88.2 Å². The zero-order valence-electron chi connectivity index (χ0n) is 19.9. The molecule has 2 unspecified atom stereocenters. The molecule has 0 fully saturated rings. The third-order valence-electron chi connectivity index (χ3n) is 6.01. The first-order valence-electron chi connectivity index (χ1n) is 12.3. The van der Waals surface area contributed by atoms with Gasteiger partial charge in [0.2, 0.25) is 0 Å². The highest BCUT2D eigenvalue weighted by molar-refractivity contribution is 6.31. The molecule has 0 radical (unpaired) electrons. The van der Waals surface area contributed by atoms with Gasteiger partial charge in [-0.05, 0) is 31.0 Å². The van der Waals surface area contributed by atoms with E-state index in [-0.39, 0.29) is 13.2 Å². The number of unbranched alkanes of at least 4 members (excludes halogenated alkanes) is 4. The number of fused-ring (bicyclic) bond motifs is 2. The maximum atomic E-state index is 10.4. The van der Waals surface area contributed by atoms with Crippen LogP contribution in [0.3, 0.4) is 0 Å². The average Bonchev–Trinajstić information content (AvgIpc) is 2.81. The van der Waals surface area contributed by atoms with Crippen LogP contribution in [0.5, 0.6) is 11.5 Å². The van der Waals surface area contributed by atoms with Crippen LogP contribution in [0.2, 0.25) is 5.02 Å². The molecule has 4 nitrogen and oxygen atoms in total. The maximum absolute atomic E-state index is 10.4. The number of ether oxygens (including phenoxy) is 2. The van der Waals surface area contributed by atoms with E-state index in [1.165, 1.54) is 0 Å². The highest BCUT2D eigenvalue weighted by Gasteiger charge is 2.18. The summed E-state index contributed by atoms with van der Waals surface area (Å²) in [5, 5.41) is 25.0. The predicted octanol–water partition coefficient (Wildman–Crippen LogP) is 7.29. The molecule has 3 aromatic carbocycles. The Balaban J connectivity index is 1.92. The first-order valence-corrected chi connectivity index (χ1v) is 12.7. The number of benzene rings is 3. The van der Waals surface area contributed by atoms with Crippen molar-refractivity contribution in [3.05, 3.63) is 47.5 Å². The van der Waals surface area contributed by atoms with Gasteiger partial charge in [0.15, 0.2) is 0 Å². The number of aliphatic hydroxyl groups excluding tert-OH is 2. The highest BCUT2D eigenvalue weighted by atomic mass is 35.5. The summed E-state index contributed by atoms with van der Waals surface area (Å²) in [7, 11) is 0. The first kappa shape index (κ1) is 25.6. The largest absolute Gasteiger partial charge is 0.490 e. The lowest BCUT2D eigenvalue weighted by Crippen LogP contribution is -2.18. The Kier molecular flexibility index (Phi) is 10.1. The van der Waals surface area contributed by atoms with Crippen molar-refractivity contribution in [2.75, 3.05) is 13.2 Å². The molecule has 5 heteroatoms. The molecule has 180 valence electrons. The summed E-state index contributed by atoms with van der Waals surface area (Å²) < 4.78 is 12.4. The standard InChI is InChI=1S/C28H37ClO4/c1-3-5-7-11-21(30)18-32-27-23-13-9-10-14-24(23)28(26-17-20(29)15-16-25(26)27)33-19-22(31)12-8-6-4-2/h9-10,13-17,21-22,30-31H,3-8,11-12,18-19H2,1-2H3. The molecule has 0 aromatic heterocycles. The first-order chi connectivity index (χ1) is 16.0. The van der Waals surface area contributed by atoms with Crippen molar-refractivity contribution < 1.29 is 19.7 Å². The Bertz CT molecular complexity index is 1020. The zero-order valence-corrected chi connectivity index (χ0v) is 20.6. The smallest absolute Gasteiger partial charge is 0.135 e. The third-order valence-corrected chi connectivity index (χ3v) is 6.24. The van der Waals surface area contributed by atoms with E-state index in [0.29, 0.717) is 10.8 Å². The van der Waals surface area contributed by atoms with Gasteiger partial charge >= 0.3 is 0 Å². The van der Waals surface area contributed by atoms with Gasteiger partial charge in [0, 0.05) is 26.6 Å². The minimum absolute atomic E-state index is 0.228. The van der Waals surface area contributed by atoms with Gasteiger partial charge in [0.25, 0.3) is 0 Å². The van der Waals surface area contributed by atoms with Crippen molar-refractivity contribution in [1.82, 2.24) is 0 Å². The van der Waals surface area contributed by atoms with Gasteiger partial charge in [-0.2, -0.15) is 0 Å². The monoisotopic (exact) mass is 472 g/mol. The fraction of sp³-hybridized carbons (Fsp3) is 0.500. The molecule has 0 aliphatic heterocycles. The van der Waals surface area contributed by atoms with Gasteiger partial charge < -0.3 is 19.7 Å². The number of aliphatic hydroxyl groups is 2. The van der Waals surface area contributed by atoms with E-state index in [1.54, 1.807) is 0 Å². The lowest BCUT2D eigenvalue weighted by atomic mass is 10.0. The van der Waals surface area contributed by atoms with Gasteiger partial charge in [0.1, 0.15) is 24.7 Å². The number of hydrogen-bond donors (Lipinski definition) is 2. The zero-order chi connectivity index (χ0) is 23.6. The average molecular weight is 473 g/mol. The number of rotatable bonds is 14. The number of hydrogen-bond acceptors (Lipinski definition) is 4. The predicted molar refractivity (Wildman–Crippen MR) is 138 cm³/mol. The van der Waals surface area contributed by atoms with Gasteiger partial charge in [-0.3, -0.25) is 0 Å². The molecule has 33 heavy (non-hydrogen) atoms. The van der Waals surface area contributed by atoms with Crippen LogP contribution in [0.1, 0.15) is 65.2 Å². The normalized spacial score (nSPS) is 13.4. The van der Waals surface area contributed by atoms with Gasteiger partial charge in [-0.15, -0.1) is 0 Å². The summed E-state index contributed by atoms with van der Waals surface area (Å²) in [5.41, 5.74) is 0. The van der Waals surface area contributed by atoms with Crippen molar-refractivity contribution >= 4 is 33.1 Å². The second-order valence-electron chi connectivity index (χ2n) is 8.81. The molecular weight excluding hydrogens is 436 g/mol. The summed E-state index contributed by atoms with van der Waals surface area (Å²) in [6, 6.07) is 13.6. The van der Waals surface area contributed by atoms with Crippen LogP contribution >= 0.6 is 11.6 Å². The third kappa shape index (κ3) is 6.99. The molecule has 0 aliphatic rings. The van der Waals surface area contributed by atoms with E-state index in [1.807, 2.05) is 42.5 Å². The van der Waals surface area contributed by atoms with Crippen molar-refractivity contribution in [3.63, 3.8) is 0 Å². The summed E-state index contributed by atoms with van der Waals surface area (Å²) in [4.78, 5) is 0. The summed E-state index contributed by atoms with van der Waals surface area (Å²) in [5.74, 6) is 1.43. The van der Waals surface area contributed by atoms with Crippen LogP contribution in [0, 0.1) is 0 Å². The van der Waals surface area contributed by atoms with Gasteiger partial charge in [-0.25, -0.2) is 0 Å². The van der Waals surface area contributed by atoms with Crippen LogP contribution in [0.15, 0.2) is 42.5 Å². The SMILES string of the molecule is CCCCCC(O)COc1c2ccccc2c(OCC(O)CCCCC)c2cc(Cl)ccc12. The molecule has 0 bridgehead atoms. The Morgan fingerprint density at radius 2 is 1.18 bits per heavy atom. The van der Waals surface area contributed by atoms with Crippen molar-refractivity contribution in [3.8, 4) is 11.5 Å². The fourth-order valence-electron chi connectivity index (χ4n) is 4.17. The molecule has 0 amide bonds. The molecule has 0 spiro atoms. The molecule has 3 rings (SSSR count). The quantitative estimate of drug-likeness (QED) is 0.191. The molecular formula is C28H37ClO4. The topological polar surface area (TPSA) is 58.9 Å². The minimum Gasteiger partial charge on any atom is -0.490 e. The van der Waals surface area contributed by atoms with E-state index >= 15 is 0 Å². The Morgan fingerprint density at radius 3 is 1.70 bits per heavy atom. The maximum Gasteiger partial charge on any atom is 0.135 e. The molecule has 3 aromatic rings. The highest BCUT2D eigenvalue weighted by Crippen LogP contribution is 2.43. The molecule has 0 aliphatic carbocycles. The molecule has 2 atom stereocenters. The van der Waals surface area contributed by atoms with E-state index < -0.39 is 12.2 Å². The lowest BCUT2D eigenvalue weighted by molar-refractivity contribution is 0.0979. The van der Waals surface area contributed by atoms with Crippen LogP contribution in [0.25, 0.3) is 21.5 Å². The molecule has 0 heterocycles. The Morgan fingerprint density at radius 1 is 0.697 bits per heavy atom.